The largest absolute Gasteiger partial charge is 0.320 e. The summed E-state index contributed by atoms with van der Waals surface area (Å²) in [7, 11) is 0. The lowest BCUT2D eigenvalue weighted by atomic mass is 9.99. The van der Waals surface area contributed by atoms with E-state index >= 15 is 0 Å². The molecule has 1 aromatic carbocycles. The molecule has 3 rings (SSSR count). The molecule has 0 fully saturated rings. The molecular weight excluding hydrogens is 346 g/mol. The second-order valence-corrected chi connectivity index (χ2v) is 7.65. The van der Waals surface area contributed by atoms with Gasteiger partial charge in [-0.05, 0) is 84.3 Å². The molecule has 0 bridgehead atoms. The first-order chi connectivity index (χ1) is 10.0. The standard InChI is InChI=1S/C17H18BrNOS/c1-10-7-11(2)16(13(18)8-10)19-17(20)15-9-12-5-3-4-6-14(12)21-15/h7-9H,3-6H2,1-2H3,(H,19,20). The summed E-state index contributed by atoms with van der Waals surface area (Å²) in [5, 5.41) is 3.06. The van der Waals surface area contributed by atoms with E-state index in [9.17, 15) is 4.79 Å². The summed E-state index contributed by atoms with van der Waals surface area (Å²) in [6.07, 6.45) is 4.73. The molecule has 21 heavy (non-hydrogen) atoms. The predicted octanol–water partition coefficient (Wildman–Crippen LogP) is 5.26. The van der Waals surface area contributed by atoms with E-state index in [1.807, 2.05) is 13.0 Å². The Morgan fingerprint density at radius 1 is 1.19 bits per heavy atom. The van der Waals surface area contributed by atoms with Gasteiger partial charge < -0.3 is 5.32 Å². The molecule has 2 aromatic rings. The van der Waals surface area contributed by atoms with Crippen LogP contribution in [0.4, 0.5) is 5.69 Å². The molecule has 110 valence electrons. The molecule has 1 aliphatic rings. The number of carbonyl (C=O) groups excluding carboxylic acids is 1. The number of amides is 1. The van der Waals surface area contributed by atoms with Crippen molar-refractivity contribution in [1.29, 1.82) is 0 Å². The molecule has 0 unspecified atom stereocenters. The summed E-state index contributed by atoms with van der Waals surface area (Å²) in [5.74, 6) is 0.00190. The van der Waals surface area contributed by atoms with Gasteiger partial charge in [-0.3, -0.25) is 4.79 Å². The summed E-state index contributed by atoms with van der Waals surface area (Å²) in [4.78, 5) is 14.7. The summed E-state index contributed by atoms with van der Waals surface area (Å²) in [6, 6.07) is 6.19. The van der Waals surface area contributed by atoms with Gasteiger partial charge in [0.05, 0.1) is 10.6 Å². The van der Waals surface area contributed by atoms with Gasteiger partial charge in [-0.2, -0.15) is 0 Å². The van der Waals surface area contributed by atoms with Gasteiger partial charge in [0.2, 0.25) is 0 Å². The Hall–Kier alpha value is -1.13. The molecule has 0 radical (unpaired) electrons. The Labute approximate surface area is 137 Å². The van der Waals surface area contributed by atoms with E-state index in [0.717, 1.165) is 33.4 Å². The van der Waals surface area contributed by atoms with Crippen LogP contribution in [-0.2, 0) is 12.8 Å². The SMILES string of the molecule is Cc1cc(C)c(NC(=O)c2cc3c(s2)CCCC3)c(Br)c1. The number of fused-ring (bicyclic) bond motifs is 1. The predicted molar refractivity (Wildman–Crippen MR) is 92.5 cm³/mol. The van der Waals surface area contributed by atoms with Crippen molar-refractivity contribution in [2.45, 2.75) is 39.5 Å². The highest BCUT2D eigenvalue weighted by Crippen LogP contribution is 2.32. The van der Waals surface area contributed by atoms with Crippen LogP contribution in [0.15, 0.2) is 22.7 Å². The van der Waals surface area contributed by atoms with Crippen molar-refractivity contribution in [3.05, 3.63) is 49.1 Å². The maximum atomic E-state index is 12.5. The minimum atomic E-state index is 0.00190. The third-order valence-electron chi connectivity index (χ3n) is 3.89. The Morgan fingerprint density at radius 3 is 2.67 bits per heavy atom. The molecule has 1 aromatic heterocycles. The smallest absolute Gasteiger partial charge is 0.265 e. The van der Waals surface area contributed by atoms with Crippen LogP contribution in [0, 0.1) is 13.8 Å². The van der Waals surface area contributed by atoms with E-state index in [1.165, 1.54) is 28.8 Å². The number of carbonyl (C=O) groups is 1. The average molecular weight is 364 g/mol. The fourth-order valence-corrected chi connectivity index (χ4v) is 4.77. The third-order valence-corrected chi connectivity index (χ3v) is 5.75. The van der Waals surface area contributed by atoms with Crippen LogP contribution in [0.5, 0.6) is 0 Å². The van der Waals surface area contributed by atoms with Crippen LogP contribution in [-0.4, -0.2) is 5.91 Å². The summed E-state index contributed by atoms with van der Waals surface area (Å²) >= 11 is 5.19. The van der Waals surface area contributed by atoms with Gasteiger partial charge in [0.1, 0.15) is 0 Å². The number of nitrogens with one attached hydrogen (secondary N) is 1. The number of hydrogen-bond donors (Lipinski definition) is 1. The second kappa shape index (κ2) is 5.93. The molecule has 0 spiro atoms. The van der Waals surface area contributed by atoms with E-state index in [2.05, 4.69) is 40.3 Å². The van der Waals surface area contributed by atoms with Gasteiger partial charge in [-0.1, -0.05) is 6.07 Å². The first-order valence-corrected chi connectivity index (χ1v) is 8.85. The Kier molecular flexibility index (Phi) is 4.18. The van der Waals surface area contributed by atoms with E-state index in [0.29, 0.717) is 0 Å². The lowest BCUT2D eigenvalue weighted by Crippen LogP contribution is -2.11. The summed E-state index contributed by atoms with van der Waals surface area (Å²) < 4.78 is 0.940. The van der Waals surface area contributed by atoms with Crippen molar-refractivity contribution in [3.8, 4) is 0 Å². The fraction of sp³-hybridized carbons (Fsp3) is 0.353. The van der Waals surface area contributed by atoms with Crippen LogP contribution >= 0.6 is 27.3 Å². The van der Waals surface area contributed by atoms with E-state index < -0.39 is 0 Å². The summed E-state index contributed by atoms with van der Waals surface area (Å²) in [6.45, 7) is 4.07. The zero-order chi connectivity index (χ0) is 15.0. The number of aryl methyl sites for hydroxylation is 4. The first kappa shape index (κ1) is 14.8. The third kappa shape index (κ3) is 3.06. The summed E-state index contributed by atoms with van der Waals surface area (Å²) in [5.41, 5.74) is 4.51. The van der Waals surface area contributed by atoms with Crippen molar-refractivity contribution in [1.82, 2.24) is 0 Å². The molecule has 0 saturated carbocycles. The molecule has 1 aliphatic carbocycles. The minimum Gasteiger partial charge on any atom is -0.320 e. The lowest BCUT2D eigenvalue weighted by molar-refractivity contribution is 0.103. The van der Waals surface area contributed by atoms with Crippen molar-refractivity contribution in [2.24, 2.45) is 0 Å². The van der Waals surface area contributed by atoms with Crippen LogP contribution in [0.1, 0.15) is 44.1 Å². The highest BCUT2D eigenvalue weighted by molar-refractivity contribution is 9.10. The average Bonchev–Trinajstić information content (AvgIpc) is 2.86. The second-order valence-electron chi connectivity index (χ2n) is 5.66. The highest BCUT2D eigenvalue weighted by Gasteiger charge is 2.18. The molecule has 0 aliphatic heterocycles. The van der Waals surface area contributed by atoms with Gasteiger partial charge in [0.15, 0.2) is 0 Å². The number of anilines is 1. The van der Waals surface area contributed by atoms with Gasteiger partial charge in [-0.25, -0.2) is 0 Å². The Balaban J connectivity index is 1.85. The molecule has 1 heterocycles. The maximum Gasteiger partial charge on any atom is 0.265 e. The van der Waals surface area contributed by atoms with E-state index in [4.69, 9.17) is 0 Å². The van der Waals surface area contributed by atoms with Crippen LogP contribution in [0.3, 0.4) is 0 Å². The Bertz CT molecular complexity index is 658. The highest BCUT2D eigenvalue weighted by atomic mass is 79.9. The molecule has 0 atom stereocenters. The van der Waals surface area contributed by atoms with Crippen LogP contribution in [0.2, 0.25) is 0 Å². The van der Waals surface area contributed by atoms with Crippen LogP contribution < -0.4 is 5.32 Å². The zero-order valence-electron chi connectivity index (χ0n) is 12.3. The topological polar surface area (TPSA) is 29.1 Å². The maximum absolute atomic E-state index is 12.5. The van der Waals surface area contributed by atoms with Gasteiger partial charge in [0.25, 0.3) is 5.91 Å². The number of halogens is 1. The van der Waals surface area contributed by atoms with Crippen LogP contribution in [0.25, 0.3) is 0 Å². The molecule has 0 saturated heterocycles. The monoisotopic (exact) mass is 363 g/mol. The zero-order valence-corrected chi connectivity index (χ0v) is 14.7. The molecular formula is C17H18BrNOS. The van der Waals surface area contributed by atoms with E-state index in [-0.39, 0.29) is 5.91 Å². The van der Waals surface area contributed by atoms with Crippen molar-refractivity contribution in [3.63, 3.8) is 0 Å². The van der Waals surface area contributed by atoms with Gasteiger partial charge in [0, 0.05) is 9.35 Å². The van der Waals surface area contributed by atoms with Gasteiger partial charge in [-0.15, -0.1) is 11.3 Å². The number of thiophene rings is 1. The molecule has 1 amide bonds. The minimum absolute atomic E-state index is 0.00190. The normalized spacial score (nSPS) is 13.9. The number of rotatable bonds is 2. The lowest BCUT2D eigenvalue weighted by Gasteiger charge is -2.11. The number of benzene rings is 1. The quantitative estimate of drug-likeness (QED) is 0.774. The van der Waals surface area contributed by atoms with Crippen molar-refractivity contribution in [2.75, 3.05) is 5.32 Å². The van der Waals surface area contributed by atoms with E-state index in [1.54, 1.807) is 11.3 Å². The molecule has 4 heteroatoms. The van der Waals surface area contributed by atoms with Crippen molar-refractivity contribution >= 4 is 38.9 Å². The Morgan fingerprint density at radius 2 is 1.95 bits per heavy atom. The van der Waals surface area contributed by atoms with Crippen molar-refractivity contribution < 1.29 is 4.79 Å². The fourth-order valence-electron chi connectivity index (χ4n) is 2.85. The molecule has 2 nitrogen and oxygen atoms in total. The molecule has 1 N–H and O–H groups in total. The van der Waals surface area contributed by atoms with Gasteiger partial charge >= 0.3 is 0 Å². The first-order valence-electron chi connectivity index (χ1n) is 7.24. The number of hydrogen-bond acceptors (Lipinski definition) is 2.